The fourth-order valence-corrected chi connectivity index (χ4v) is 2.28. The van der Waals surface area contributed by atoms with E-state index in [4.69, 9.17) is 10.1 Å². The Bertz CT molecular complexity index is 500. The number of nitrogens with one attached hydrogen (secondary N) is 1. The smallest absolute Gasteiger partial charge is 0.322 e. The van der Waals surface area contributed by atoms with Crippen LogP contribution >= 0.6 is 0 Å². The maximum absolute atomic E-state index is 10.6. The first-order valence-electron chi connectivity index (χ1n) is 8.76. The van der Waals surface area contributed by atoms with Gasteiger partial charge in [0.25, 0.3) is 0 Å². The van der Waals surface area contributed by atoms with Gasteiger partial charge in [-0.1, -0.05) is 46.4 Å². The van der Waals surface area contributed by atoms with Crippen LogP contribution in [0.5, 0.6) is 0 Å². The van der Waals surface area contributed by atoms with Crippen molar-refractivity contribution < 1.29 is 9.90 Å². The SMILES string of the molecule is C=C(CCC(C)(C)CC(CC)=NC(/C=C\CC)=C/C)NCC(=O)O. The Balaban J connectivity index is 4.70. The lowest BCUT2D eigenvalue weighted by Crippen LogP contribution is -2.23. The van der Waals surface area contributed by atoms with Crippen LogP contribution in [-0.2, 0) is 4.79 Å². The van der Waals surface area contributed by atoms with Gasteiger partial charge < -0.3 is 10.4 Å². The maximum Gasteiger partial charge on any atom is 0.322 e. The van der Waals surface area contributed by atoms with Gasteiger partial charge in [-0.25, -0.2) is 0 Å². The van der Waals surface area contributed by atoms with Crippen molar-refractivity contribution in [3.05, 3.63) is 36.2 Å². The topological polar surface area (TPSA) is 61.7 Å². The highest BCUT2D eigenvalue weighted by molar-refractivity contribution is 5.86. The molecule has 0 rings (SSSR count). The molecule has 0 amide bonds. The highest BCUT2D eigenvalue weighted by atomic mass is 16.4. The van der Waals surface area contributed by atoms with Crippen molar-refractivity contribution in [2.24, 2.45) is 10.4 Å². The van der Waals surface area contributed by atoms with Crippen molar-refractivity contribution >= 4 is 11.7 Å². The summed E-state index contributed by atoms with van der Waals surface area (Å²) in [6, 6.07) is 0. The van der Waals surface area contributed by atoms with Crippen molar-refractivity contribution in [1.29, 1.82) is 0 Å². The molecule has 136 valence electrons. The third-order valence-corrected chi connectivity index (χ3v) is 3.79. The molecule has 4 heteroatoms. The van der Waals surface area contributed by atoms with E-state index < -0.39 is 5.97 Å². The normalized spacial score (nSPS) is 13.4. The van der Waals surface area contributed by atoms with Crippen molar-refractivity contribution in [1.82, 2.24) is 5.32 Å². The molecule has 4 nitrogen and oxygen atoms in total. The molecule has 0 fully saturated rings. The first kappa shape index (κ1) is 22.2. The van der Waals surface area contributed by atoms with Crippen LogP contribution in [0.1, 0.15) is 66.7 Å². The summed E-state index contributed by atoms with van der Waals surface area (Å²) < 4.78 is 0. The Labute approximate surface area is 147 Å². The molecule has 0 aliphatic carbocycles. The lowest BCUT2D eigenvalue weighted by atomic mass is 9.81. The van der Waals surface area contributed by atoms with Crippen molar-refractivity contribution in [2.45, 2.75) is 66.7 Å². The van der Waals surface area contributed by atoms with E-state index >= 15 is 0 Å². The highest BCUT2D eigenvalue weighted by Crippen LogP contribution is 2.29. The predicted octanol–water partition coefficient (Wildman–Crippen LogP) is 5.09. The molecule has 0 radical (unpaired) electrons. The molecule has 0 heterocycles. The lowest BCUT2D eigenvalue weighted by Gasteiger charge is -2.26. The van der Waals surface area contributed by atoms with Gasteiger partial charge in [-0.05, 0) is 50.5 Å². The van der Waals surface area contributed by atoms with Crippen LogP contribution in [0.25, 0.3) is 0 Å². The molecule has 0 aliphatic heterocycles. The molecule has 0 unspecified atom stereocenters. The van der Waals surface area contributed by atoms with Crippen LogP contribution in [0.2, 0.25) is 0 Å². The Hall–Kier alpha value is -1.84. The number of carbonyl (C=O) groups is 1. The number of rotatable bonds is 12. The monoisotopic (exact) mass is 334 g/mol. The van der Waals surface area contributed by atoms with Crippen LogP contribution in [0, 0.1) is 5.41 Å². The van der Waals surface area contributed by atoms with E-state index in [1.54, 1.807) is 0 Å². The molecule has 0 spiro atoms. The molecule has 0 saturated carbocycles. The zero-order valence-corrected chi connectivity index (χ0v) is 16.0. The molecular weight excluding hydrogens is 300 g/mol. The molecule has 0 aromatic heterocycles. The summed E-state index contributed by atoms with van der Waals surface area (Å²) >= 11 is 0. The summed E-state index contributed by atoms with van der Waals surface area (Å²) in [4.78, 5) is 15.4. The van der Waals surface area contributed by atoms with Crippen LogP contribution < -0.4 is 5.32 Å². The van der Waals surface area contributed by atoms with Gasteiger partial charge in [-0.3, -0.25) is 9.79 Å². The van der Waals surface area contributed by atoms with Gasteiger partial charge in [-0.15, -0.1) is 0 Å². The van der Waals surface area contributed by atoms with E-state index in [9.17, 15) is 4.79 Å². The molecule has 24 heavy (non-hydrogen) atoms. The van der Waals surface area contributed by atoms with Crippen molar-refractivity contribution in [3.63, 3.8) is 0 Å². The minimum Gasteiger partial charge on any atom is -0.480 e. The number of aliphatic imine (C=N–C) groups is 1. The molecule has 0 bridgehead atoms. The van der Waals surface area contributed by atoms with Gasteiger partial charge in [0.2, 0.25) is 0 Å². The second kappa shape index (κ2) is 11.7. The van der Waals surface area contributed by atoms with Crippen molar-refractivity contribution in [2.75, 3.05) is 6.54 Å². The maximum atomic E-state index is 10.6. The third kappa shape index (κ3) is 10.8. The first-order valence-corrected chi connectivity index (χ1v) is 8.76. The number of hydrogen-bond acceptors (Lipinski definition) is 3. The highest BCUT2D eigenvalue weighted by Gasteiger charge is 2.20. The van der Waals surface area contributed by atoms with Crippen LogP contribution in [0.15, 0.2) is 41.2 Å². The standard InChI is InChI=1S/C20H34N2O2/c1-7-10-11-17(8-2)22-18(9-3)14-20(5,6)13-12-16(4)21-15-19(23)24/h8,10-11,21H,4,7,9,12-15H2,1-3,5-6H3,(H,23,24)/b11-10-,17-8+,22-18?. The number of aliphatic carboxylic acids is 1. The summed E-state index contributed by atoms with van der Waals surface area (Å²) in [7, 11) is 0. The summed E-state index contributed by atoms with van der Waals surface area (Å²) in [6.45, 7) is 14.5. The molecule has 0 aromatic rings. The van der Waals surface area contributed by atoms with Crippen LogP contribution in [0.3, 0.4) is 0 Å². The molecule has 0 atom stereocenters. The van der Waals surface area contributed by atoms with Gasteiger partial charge in [0.15, 0.2) is 0 Å². The fraction of sp³-hybridized carbons (Fsp3) is 0.600. The van der Waals surface area contributed by atoms with E-state index in [-0.39, 0.29) is 12.0 Å². The predicted molar refractivity (Wildman–Crippen MR) is 103 cm³/mol. The van der Waals surface area contributed by atoms with Crippen LogP contribution in [-0.4, -0.2) is 23.3 Å². The Morgan fingerprint density at radius 3 is 2.50 bits per heavy atom. The molecule has 0 saturated heterocycles. The fourth-order valence-electron chi connectivity index (χ4n) is 2.28. The first-order chi connectivity index (χ1) is 11.2. The zero-order valence-electron chi connectivity index (χ0n) is 16.0. The van der Waals surface area contributed by atoms with E-state index in [1.165, 1.54) is 5.71 Å². The number of allylic oxidation sites excluding steroid dienone is 4. The Kier molecular flexibility index (Phi) is 10.8. The van der Waals surface area contributed by atoms with E-state index in [0.717, 1.165) is 43.5 Å². The summed E-state index contributed by atoms with van der Waals surface area (Å²) in [5.41, 5.74) is 3.08. The van der Waals surface area contributed by atoms with Gasteiger partial charge >= 0.3 is 5.97 Å². The van der Waals surface area contributed by atoms with Gasteiger partial charge in [-0.2, -0.15) is 0 Å². The molecular formula is C20H34N2O2. The summed E-state index contributed by atoms with van der Waals surface area (Å²) in [6.07, 6.45) is 10.8. The number of carboxylic acid groups (broad SMARTS) is 1. The minimum atomic E-state index is -0.866. The Morgan fingerprint density at radius 2 is 2.00 bits per heavy atom. The number of carboxylic acids is 1. The van der Waals surface area contributed by atoms with E-state index in [2.05, 4.69) is 51.7 Å². The molecule has 2 N–H and O–H groups in total. The van der Waals surface area contributed by atoms with Gasteiger partial charge in [0.05, 0.1) is 5.70 Å². The van der Waals surface area contributed by atoms with Gasteiger partial charge in [0.1, 0.15) is 6.54 Å². The van der Waals surface area contributed by atoms with E-state index in [0.29, 0.717) is 0 Å². The summed E-state index contributed by atoms with van der Waals surface area (Å²) in [5.74, 6) is -0.866. The third-order valence-electron chi connectivity index (χ3n) is 3.79. The second-order valence-corrected chi connectivity index (χ2v) is 6.75. The largest absolute Gasteiger partial charge is 0.480 e. The number of nitrogens with zero attached hydrogens (tertiary/aromatic N) is 1. The summed E-state index contributed by atoms with van der Waals surface area (Å²) in [5, 5.41) is 11.5. The Morgan fingerprint density at radius 1 is 1.33 bits per heavy atom. The lowest BCUT2D eigenvalue weighted by molar-refractivity contribution is -0.135. The molecule has 0 aromatic carbocycles. The van der Waals surface area contributed by atoms with Crippen LogP contribution in [0.4, 0.5) is 0 Å². The second-order valence-electron chi connectivity index (χ2n) is 6.75. The van der Waals surface area contributed by atoms with E-state index in [1.807, 2.05) is 13.0 Å². The molecule has 0 aliphatic rings. The van der Waals surface area contributed by atoms with Crippen molar-refractivity contribution in [3.8, 4) is 0 Å². The van der Waals surface area contributed by atoms with Gasteiger partial charge in [0, 0.05) is 11.4 Å². The zero-order chi connectivity index (χ0) is 18.6. The quantitative estimate of drug-likeness (QED) is 0.386. The average molecular weight is 335 g/mol. The minimum absolute atomic E-state index is 0.0741. The number of hydrogen-bond donors (Lipinski definition) is 2. The average Bonchev–Trinajstić information content (AvgIpc) is 2.53.